The van der Waals surface area contributed by atoms with E-state index in [1.165, 1.54) is 5.56 Å². The third-order valence-electron chi connectivity index (χ3n) is 5.18. The zero-order valence-corrected chi connectivity index (χ0v) is 15.7. The molecule has 1 aliphatic heterocycles. The van der Waals surface area contributed by atoms with Crippen molar-refractivity contribution in [2.45, 2.75) is 39.0 Å². The van der Waals surface area contributed by atoms with Crippen molar-refractivity contribution < 1.29 is 4.79 Å². The topological polar surface area (TPSA) is 50.2 Å². The number of fused-ring (bicyclic) bond motifs is 1. The molecule has 0 radical (unpaired) electrons. The summed E-state index contributed by atoms with van der Waals surface area (Å²) in [5.74, 6) is 0.0690. The minimum absolute atomic E-state index is 0.0690. The van der Waals surface area contributed by atoms with Gasteiger partial charge in [-0.15, -0.1) is 0 Å². The van der Waals surface area contributed by atoms with Crippen LogP contribution in [0.2, 0.25) is 0 Å². The van der Waals surface area contributed by atoms with Gasteiger partial charge < -0.3 is 10.2 Å². The summed E-state index contributed by atoms with van der Waals surface area (Å²) in [6.07, 6.45) is 4.56. The van der Waals surface area contributed by atoms with Gasteiger partial charge in [0.2, 0.25) is 0 Å². The summed E-state index contributed by atoms with van der Waals surface area (Å²) in [7, 11) is 0. The molecule has 0 aliphatic carbocycles. The number of carbonyl (C=O) groups excluding carboxylic acids is 1. The number of nitrogens with one attached hydrogen (secondary N) is 1. The number of benzene rings is 2. The molecule has 138 valence electrons. The van der Waals surface area contributed by atoms with E-state index in [0.29, 0.717) is 6.54 Å². The van der Waals surface area contributed by atoms with Gasteiger partial charge >= 0.3 is 0 Å². The highest BCUT2D eigenvalue weighted by Crippen LogP contribution is 2.34. The van der Waals surface area contributed by atoms with Crippen molar-refractivity contribution in [3.63, 3.8) is 0 Å². The maximum Gasteiger partial charge on any atom is 0.258 e. The molecule has 27 heavy (non-hydrogen) atoms. The average Bonchev–Trinajstić information content (AvgIpc) is 3.16. The maximum atomic E-state index is 13.2. The molecule has 2 heterocycles. The van der Waals surface area contributed by atoms with Gasteiger partial charge in [-0.2, -0.15) is 5.10 Å². The van der Waals surface area contributed by atoms with Crippen LogP contribution in [0.5, 0.6) is 0 Å². The van der Waals surface area contributed by atoms with E-state index in [1.54, 1.807) is 0 Å². The molecular formula is C22H24N4O. The Bertz CT molecular complexity index is 934. The fourth-order valence-electron chi connectivity index (χ4n) is 3.54. The predicted octanol–water partition coefficient (Wildman–Crippen LogP) is 4.30. The molecule has 0 bridgehead atoms. The van der Waals surface area contributed by atoms with Crippen LogP contribution in [-0.4, -0.2) is 26.6 Å². The van der Waals surface area contributed by atoms with Crippen LogP contribution >= 0.6 is 0 Å². The Hall–Kier alpha value is -3.08. The molecule has 5 nitrogen and oxygen atoms in total. The normalized spacial score (nSPS) is 17.3. The van der Waals surface area contributed by atoms with Crippen molar-refractivity contribution in [3.8, 4) is 0 Å². The molecule has 3 aromatic rings. The Labute approximate surface area is 159 Å². The molecule has 2 aromatic carbocycles. The summed E-state index contributed by atoms with van der Waals surface area (Å²) in [4.78, 5) is 15.1. The second-order valence-corrected chi connectivity index (χ2v) is 7.02. The molecule has 0 saturated carbocycles. The number of para-hydroxylation sites is 1. The molecular weight excluding hydrogens is 336 g/mol. The van der Waals surface area contributed by atoms with E-state index in [4.69, 9.17) is 0 Å². The van der Waals surface area contributed by atoms with Gasteiger partial charge in [0, 0.05) is 23.5 Å². The molecule has 1 aliphatic rings. The van der Waals surface area contributed by atoms with Crippen LogP contribution in [0.25, 0.3) is 0 Å². The zero-order valence-electron chi connectivity index (χ0n) is 15.7. The van der Waals surface area contributed by atoms with Gasteiger partial charge in [0.05, 0.1) is 18.3 Å². The van der Waals surface area contributed by atoms with Crippen LogP contribution in [0, 0.1) is 0 Å². The lowest BCUT2D eigenvalue weighted by atomic mass is 10.0. The summed E-state index contributed by atoms with van der Waals surface area (Å²) in [5, 5.41) is 8.06. The quantitative estimate of drug-likeness (QED) is 0.738. The SMILES string of the molecule is CC[C@H](C)N1C(=O)c2ccccc2N[C@H]1c1cnn(Cc2ccccc2)c1. The number of anilines is 1. The number of nitrogens with zero attached hydrogens (tertiary/aromatic N) is 3. The number of amides is 1. The Morgan fingerprint density at radius 2 is 1.85 bits per heavy atom. The van der Waals surface area contributed by atoms with Crippen molar-refractivity contribution in [1.82, 2.24) is 14.7 Å². The number of carbonyl (C=O) groups is 1. The Kier molecular flexibility index (Phi) is 4.67. The molecule has 4 rings (SSSR count). The van der Waals surface area contributed by atoms with E-state index < -0.39 is 0 Å². The van der Waals surface area contributed by atoms with Gasteiger partial charge in [0.15, 0.2) is 0 Å². The summed E-state index contributed by atoms with van der Waals surface area (Å²) < 4.78 is 1.92. The summed E-state index contributed by atoms with van der Waals surface area (Å²) in [6.45, 7) is 4.91. The third-order valence-corrected chi connectivity index (χ3v) is 5.18. The van der Waals surface area contributed by atoms with Crippen LogP contribution in [0.1, 0.15) is 47.9 Å². The standard InChI is InChI=1S/C22H24N4O/c1-3-16(2)26-21(24-20-12-8-7-11-19(20)22(26)27)18-13-23-25(15-18)14-17-9-5-4-6-10-17/h4-13,15-16,21,24H,3,14H2,1-2H3/t16-,21+/m0/s1. The number of hydrogen-bond donors (Lipinski definition) is 1. The lowest BCUT2D eigenvalue weighted by Crippen LogP contribution is -2.47. The first kappa shape index (κ1) is 17.3. The zero-order chi connectivity index (χ0) is 18.8. The molecule has 0 fully saturated rings. The smallest absolute Gasteiger partial charge is 0.258 e. The summed E-state index contributed by atoms with van der Waals surface area (Å²) in [6, 6.07) is 18.1. The minimum atomic E-state index is -0.216. The fraction of sp³-hybridized carbons (Fsp3) is 0.273. The highest BCUT2D eigenvalue weighted by molar-refractivity contribution is 6.01. The monoisotopic (exact) mass is 360 g/mol. The highest BCUT2D eigenvalue weighted by Gasteiger charge is 2.35. The molecule has 1 aromatic heterocycles. The number of rotatable bonds is 5. The van der Waals surface area contributed by atoms with Gasteiger partial charge in [-0.1, -0.05) is 49.4 Å². The second-order valence-electron chi connectivity index (χ2n) is 7.02. The van der Waals surface area contributed by atoms with Crippen molar-refractivity contribution in [2.75, 3.05) is 5.32 Å². The van der Waals surface area contributed by atoms with Crippen molar-refractivity contribution in [3.05, 3.63) is 83.7 Å². The molecule has 2 atom stereocenters. The van der Waals surface area contributed by atoms with Gasteiger partial charge in [-0.25, -0.2) is 0 Å². The van der Waals surface area contributed by atoms with Gasteiger partial charge in [-0.3, -0.25) is 9.48 Å². The maximum absolute atomic E-state index is 13.2. The van der Waals surface area contributed by atoms with Crippen LogP contribution in [0.15, 0.2) is 67.0 Å². The van der Waals surface area contributed by atoms with Crippen LogP contribution in [-0.2, 0) is 6.54 Å². The molecule has 1 N–H and O–H groups in total. The van der Waals surface area contributed by atoms with E-state index >= 15 is 0 Å². The molecule has 0 spiro atoms. The average molecular weight is 360 g/mol. The molecule has 0 saturated heterocycles. The molecule has 5 heteroatoms. The summed E-state index contributed by atoms with van der Waals surface area (Å²) in [5.41, 5.74) is 3.80. The van der Waals surface area contributed by atoms with E-state index in [0.717, 1.165) is 23.2 Å². The molecule has 0 unspecified atom stereocenters. The largest absolute Gasteiger partial charge is 0.361 e. The van der Waals surface area contributed by atoms with Gasteiger partial charge in [0.1, 0.15) is 6.17 Å². The Balaban J connectivity index is 1.66. The van der Waals surface area contributed by atoms with E-state index in [9.17, 15) is 4.79 Å². The lowest BCUT2D eigenvalue weighted by Gasteiger charge is -2.41. The fourth-order valence-corrected chi connectivity index (χ4v) is 3.54. The molecule has 1 amide bonds. The first-order valence-electron chi connectivity index (χ1n) is 9.42. The van der Waals surface area contributed by atoms with Crippen molar-refractivity contribution >= 4 is 11.6 Å². The van der Waals surface area contributed by atoms with Crippen LogP contribution < -0.4 is 5.32 Å². The van der Waals surface area contributed by atoms with Crippen LogP contribution in [0.4, 0.5) is 5.69 Å². The first-order valence-corrected chi connectivity index (χ1v) is 9.42. The van der Waals surface area contributed by atoms with Gasteiger partial charge in [-0.05, 0) is 31.0 Å². The first-order chi connectivity index (χ1) is 13.2. The Morgan fingerprint density at radius 3 is 2.63 bits per heavy atom. The van der Waals surface area contributed by atoms with E-state index in [1.807, 2.05) is 64.4 Å². The number of aromatic nitrogens is 2. The minimum Gasteiger partial charge on any atom is -0.361 e. The van der Waals surface area contributed by atoms with Gasteiger partial charge in [0.25, 0.3) is 5.91 Å². The predicted molar refractivity (Wildman–Crippen MR) is 106 cm³/mol. The number of hydrogen-bond acceptors (Lipinski definition) is 3. The van der Waals surface area contributed by atoms with E-state index in [2.05, 4.69) is 36.4 Å². The highest BCUT2D eigenvalue weighted by atomic mass is 16.2. The van der Waals surface area contributed by atoms with E-state index in [-0.39, 0.29) is 18.1 Å². The second kappa shape index (κ2) is 7.27. The van der Waals surface area contributed by atoms with Crippen molar-refractivity contribution in [1.29, 1.82) is 0 Å². The summed E-state index contributed by atoms with van der Waals surface area (Å²) >= 11 is 0. The lowest BCUT2D eigenvalue weighted by molar-refractivity contribution is 0.0593. The third kappa shape index (κ3) is 3.33. The van der Waals surface area contributed by atoms with Crippen LogP contribution in [0.3, 0.4) is 0 Å². The van der Waals surface area contributed by atoms with Crippen molar-refractivity contribution in [2.24, 2.45) is 0 Å². The Morgan fingerprint density at radius 1 is 1.11 bits per heavy atom.